The second-order valence-electron chi connectivity index (χ2n) is 6.70. The molecule has 166 valence electrons. The van der Waals surface area contributed by atoms with Crippen LogP contribution in [-0.2, 0) is 6.54 Å². The molecule has 1 aliphatic rings. The van der Waals surface area contributed by atoms with Gasteiger partial charge < -0.3 is 30.2 Å². The lowest BCUT2D eigenvalue weighted by atomic mass is 10.1. The van der Waals surface area contributed by atoms with Crippen molar-refractivity contribution in [2.75, 3.05) is 33.9 Å². The first-order valence-electron chi connectivity index (χ1n) is 9.32. The summed E-state index contributed by atoms with van der Waals surface area (Å²) in [5, 5.41) is 3.29. The normalized spacial score (nSPS) is 15.5. The molecule has 2 aromatic carbocycles. The summed E-state index contributed by atoms with van der Waals surface area (Å²) >= 11 is 0. The van der Waals surface area contributed by atoms with Crippen LogP contribution in [0.4, 0.5) is 0 Å². The van der Waals surface area contributed by atoms with Crippen LogP contribution in [0.3, 0.4) is 0 Å². The third-order valence-corrected chi connectivity index (χ3v) is 4.88. The predicted octanol–water partition coefficient (Wildman–Crippen LogP) is 3.23. The second-order valence-corrected chi connectivity index (χ2v) is 6.70. The molecular formula is C21H29Cl2N3O4. The average molecular weight is 458 g/mol. The Bertz CT molecular complexity index is 851. The maximum absolute atomic E-state index is 13.0. The van der Waals surface area contributed by atoms with Crippen LogP contribution in [0.2, 0.25) is 0 Å². The van der Waals surface area contributed by atoms with Crippen molar-refractivity contribution in [3.63, 3.8) is 0 Å². The zero-order valence-corrected chi connectivity index (χ0v) is 19.0. The number of carbonyl (C=O) groups excluding carboxylic acids is 1. The largest absolute Gasteiger partial charge is 0.496 e. The van der Waals surface area contributed by atoms with Gasteiger partial charge in [-0.2, -0.15) is 0 Å². The molecule has 1 heterocycles. The molecule has 0 spiro atoms. The van der Waals surface area contributed by atoms with E-state index < -0.39 is 0 Å². The van der Waals surface area contributed by atoms with E-state index in [1.807, 2.05) is 24.0 Å². The summed E-state index contributed by atoms with van der Waals surface area (Å²) in [7, 11) is 3.16. The van der Waals surface area contributed by atoms with Crippen molar-refractivity contribution in [2.24, 2.45) is 5.73 Å². The van der Waals surface area contributed by atoms with Crippen LogP contribution in [0.15, 0.2) is 36.4 Å². The highest BCUT2D eigenvalue weighted by Crippen LogP contribution is 2.35. The maximum atomic E-state index is 13.0. The highest BCUT2D eigenvalue weighted by Gasteiger charge is 2.25. The molecule has 1 fully saturated rings. The number of hydrogen-bond acceptors (Lipinski definition) is 6. The monoisotopic (exact) mass is 457 g/mol. The molecule has 0 bridgehead atoms. The van der Waals surface area contributed by atoms with Crippen LogP contribution in [0.25, 0.3) is 0 Å². The summed E-state index contributed by atoms with van der Waals surface area (Å²) in [4.78, 5) is 14.8. The lowest BCUT2D eigenvalue weighted by Crippen LogP contribution is -2.52. The van der Waals surface area contributed by atoms with E-state index in [1.54, 1.807) is 38.5 Å². The quantitative estimate of drug-likeness (QED) is 0.692. The van der Waals surface area contributed by atoms with E-state index in [2.05, 4.69) is 5.32 Å². The number of rotatable bonds is 6. The molecule has 1 saturated heterocycles. The fraction of sp³-hybridized carbons (Fsp3) is 0.381. The maximum Gasteiger partial charge on any atom is 0.254 e. The first-order valence-corrected chi connectivity index (χ1v) is 9.32. The number of nitrogens with one attached hydrogen (secondary N) is 1. The molecule has 2 aromatic rings. The number of nitrogens with two attached hydrogens (primary N) is 1. The number of nitrogens with zero attached hydrogens (tertiary/aromatic N) is 1. The summed E-state index contributed by atoms with van der Waals surface area (Å²) in [5.41, 5.74) is 7.17. The minimum Gasteiger partial charge on any atom is -0.496 e. The zero-order valence-electron chi connectivity index (χ0n) is 17.3. The van der Waals surface area contributed by atoms with Crippen LogP contribution in [-0.4, -0.2) is 50.7 Å². The number of piperazine rings is 1. The number of halogens is 2. The van der Waals surface area contributed by atoms with E-state index in [4.69, 9.17) is 19.9 Å². The third kappa shape index (κ3) is 5.70. The predicted molar refractivity (Wildman–Crippen MR) is 122 cm³/mol. The molecular weight excluding hydrogens is 429 g/mol. The van der Waals surface area contributed by atoms with Gasteiger partial charge in [0.05, 0.1) is 14.2 Å². The molecule has 1 amide bonds. The standard InChI is InChI=1S/C21H27N3O4.2ClH/c1-14-13-23-8-9-24(14)21(25)15-5-7-18(26-2)20(10-15)28-17-6-4-16(12-22)19(11-17)27-3;;/h4-7,10-11,14,23H,8-9,12-13,22H2,1-3H3;2*1H/t14-;;/m0../s1. The number of ether oxygens (including phenoxy) is 3. The summed E-state index contributed by atoms with van der Waals surface area (Å²) in [6.45, 7) is 4.68. The number of hydrogen-bond donors (Lipinski definition) is 2. The molecule has 0 aliphatic carbocycles. The van der Waals surface area contributed by atoms with Crippen molar-refractivity contribution in [3.8, 4) is 23.0 Å². The highest BCUT2D eigenvalue weighted by atomic mass is 35.5. The van der Waals surface area contributed by atoms with Gasteiger partial charge in [-0.1, -0.05) is 6.07 Å². The second kappa shape index (κ2) is 11.9. The van der Waals surface area contributed by atoms with E-state index in [0.717, 1.165) is 18.7 Å². The Kier molecular flexibility index (Phi) is 10.2. The SMILES string of the molecule is COc1cc(Oc2cc(C(=O)N3CCNC[C@@H]3C)ccc2OC)ccc1CN.Cl.Cl. The molecule has 1 atom stereocenters. The van der Waals surface area contributed by atoms with Gasteiger partial charge in [0.25, 0.3) is 5.91 Å². The van der Waals surface area contributed by atoms with Crippen LogP contribution in [0.1, 0.15) is 22.8 Å². The van der Waals surface area contributed by atoms with Gasteiger partial charge >= 0.3 is 0 Å². The van der Waals surface area contributed by atoms with Gasteiger partial charge in [-0.3, -0.25) is 4.79 Å². The highest BCUT2D eigenvalue weighted by molar-refractivity contribution is 5.95. The lowest BCUT2D eigenvalue weighted by Gasteiger charge is -2.34. The lowest BCUT2D eigenvalue weighted by molar-refractivity contribution is 0.0655. The van der Waals surface area contributed by atoms with Gasteiger partial charge in [0, 0.05) is 49.4 Å². The molecule has 0 saturated carbocycles. The Morgan fingerprint density at radius 2 is 1.83 bits per heavy atom. The first-order chi connectivity index (χ1) is 13.6. The van der Waals surface area contributed by atoms with Gasteiger partial charge in [0.1, 0.15) is 11.5 Å². The van der Waals surface area contributed by atoms with Crippen LogP contribution < -0.4 is 25.3 Å². The van der Waals surface area contributed by atoms with Crippen molar-refractivity contribution in [1.29, 1.82) is 0 Å². The number of benzene rings is 2. The minimum absolute atomic E-state index is 0. The van der Waals surface area contributed by atoms with Crippen molar-refractivity contribution in [3.05, 3.63) is 47.5 Å². The van der Waals surface area contributed by atoms with Gasteiger partial charge in [-0.15, -0.1) is 24.8 Å². The summed E-state index contributed by atoms with van der Waals surface area (Å²) < 4.78 is 16.8. The minimum atomic E-state index is -0.0161. The first kappa shape index (κ1) is 25.8. The van der Waals surface area contributed by atoms with E-state index in [-0.39, 0.29) is 36.8 Å². The zero-order chi connectivity index (χ0) is 20.1. The Morgan fingerprint density at radius 1 is 1.10 bits per heavy atom. The smallest absolute Gasteiger partial charge is 0.254 e. The topological polar surface area (TPSA) is 86.0 Å². The number of amides is 1. The molecule has 0 aromatic heterocycles. The van der Waals surface area contributed by atoms with Gasteiger partial charge in [-0.05, 0) is 31.2 Å². The summed E-state index contributed by atoms with van der Waals surface area (Å²) in [5.74, 6) is 2.23. The fourth-order valence-corrected chi connectivity index (χ4v) is 3.28. The summed E-state index contributed by atoms with van der Waals surface area (Å²) in [6.07, 6.45) is 0. The van der Waals surface area contributed by atoms with Crippen molar-refractivity contribution in [1.82, 2.24) is 10.2 Å². The number of methoxy groups -OCH3 is 2. The van der Waals surface area contributed by atoms with E-state index in [1.165, 1.54) is 0 Å². The molecule has 9 heteroatoms. The van der Waals surface area contributed by atoms with E-state index in [0.29, 0.717) is 41.7 Å². The van der Waals surface area contributed by atoms with Crippen LogP contribution >= 0.6 is 24.8 Å². The van der Waals surface area contributed by atoms with Crippen LogP contribution in [0.5, 0.6) is 23.0 Å². The Hall–Kier alpha value is -2.19. The average Bonchev–Trinajstić information content (AvgIpc) is 2.73. The van der Waals surface area contributed by atoms with Crippen molar-refractivity contribution >= 4 is 30.7 Å². The van der Waals surface area contributed by atoms with Gasteiger partial charge in [0.15, 0.2) is 11.5 Å². The number of carbonyl (C=O) groups is 1. The molecule has 7 nitrogen and oxygen atoms in total. The molecule has 3 rings (SSSR count). The molecule has 3 N–H and O–H groups in total. The van der Waals surface area contributed by atoms with E-state index in [9.17, 15) is 4.79 Å². The fourth-order valence-electron chi connectivity index (χ4n) is 3.28. The molecule has 30 heavy (non-hydrogen) atoms. The van der Waals surface area contributed by atoms with Gasteiger partial charge in [-0.25, -0.2) is 0 Å². The molecule has 0 radical (unpaired) electrons. The summed E-state index contributed by atoms with van der Waals surface area (Å²) in [6, 6.07) is 10.8. The Labute approximate surface area is 189 Å². The van der Waals surface area contributed by atoms with Crippen molar-refractivity contribution < 1.29 is 19.0 Å². The molecule has 0 unspecified atom stereocenters. The third-order valence-electron chi connectivity index (χ3n) is 4.88. The Balaban J connectivity index is 0.00000225. The van der Waals surface area contributed by atoms with Gasteiger partial charge in [0.2, 0.25) is 0 Å². The van der Waals surface area contributed by atoms with E-state index >= 15 is 0 Å². The van der Waals surface area contributed by atoms with Crippen LogP contribution in [0, 0.1) is 0 Å². The molecule has 1 aliphatic heterocycles. The Morgan fingerprint density at radius 3 is 2.47 bits per heavy atom. The van der Waals surface area contributed by atoms with Crippen molar-refractivity contribution in [2.45, 2.75) is 19.5 Å².